The molecule has 0 aliphatic carbocycles. The van der Waals surface area contributed by atoms with E-state index < -0.39 is 0 Å². The van der Waals surface area contributed by atoms with E-state index in [0.29, 0.717) is 16.8 Å². The van der Waals surface area contributed by atoms with Crippen molar-refractivity contribution >= 4 is 30.2 Å². The van der Waals surface area contributed by atoms with Gasteiger partial charge < -0.3 is 5.73 Å². The molecule has 0 saturated carbocycles. The number of rotatable bonds is 5. The van der Waals surface area contributed by atoms with Crippen LogP contribution in [0.1, 0.15) is 27.9 Å². The summed E-state index contributed by atoms with van der Waals surface area (Å²) in [5, 5.41) is 0. The molecular formula is C17H17NOS. The second-order valence-corrected chi connectivity index (χ2v) is 4.90. The lowest BCUT2D eigenvalue weighted by Crippen LogP contribution is -2.05. The van der Waals surface area contributed by atoms with Crippen LogP contribution >= 0.6 is 12.6 Å². The molecule has 0 aliphatic heterocycles. The van der Waals surface area contributed by atoms with Gasteiger partial charge in [0.2, 0.25) is 0 Å². The third kappa shape index (κ3) is 3.52. The Morgan fingerprint density at radius 3 is 2.60 bits per heavy atom. The summed E-state index contributed by atoms with van der Waals surface area (Å²) in [6.07, 6.45) is 4.92. The van der Waals surface area contributed by atoms with Gasteiger partial charge in [-0.15, -0.1) is 0 Å². The lowest BCUT2D eigenvalue weighted by Gasteiger charge is -2.06. The maximum atomic E-state index is 12.4. The first-order valence-corrected chi connectivity index (χ1v) is 7.12. The lowest BCUT2D eigenvalue weighted by molar-refractivity contribution is 0.103. The zero-order valence-corrected chi connectivity index (χ0v) is 12.0. The minimum absolute atomic E-state index is 0.0486. The van der Waals surface area contributed by atoms with E-state index in [1.807, 2.05) is 42.5 Å². The van der Waals surface area contributed by atoms with Crippen LogP contribution in [0.5, 0.6) is 0 Å². The zero-order chi connectivity index (χ0) is 14.4. The molecule has 0 fully saturated rings. The number of carbonyl (C=O) groups is 1. The third-order valence-electron chi connectivity index (χ3n) is 2.96. The smallest absolute Gasteiger partial charge is 0.195 e. The first kappa shape index (κ1) is 14.4. The van der Waals surface area contributed by atoms with Crippen molar-refractivity contribution in [2.75, 3.05) is 11.5 Å². The Kier molecular flexibility index (Phi) is 5.02. The monoisotopic (exact) mass is 283 g/mol. The van der Waals surface area contributed by atoms with Gasteiger partial charge in [-0.25, -0.2) is 0 Å². The maximum Gasteiger partial charge on any atom is 0.195 e. The summed E-state index contributed by atoms with van der Waals surface area (Å²) in [6, 6.07) is 14.7. The molecule has 0 radical (unpaired) electrons. The Bertz CT molecular complexity index is 620. The van der Waals surface area contributed by atoms with Gasteiger partial charge in [0.15, 0.2) is 5.78 Å². The molecule has 0 atom stereocenters. The number of hydrogen-bond donors (Lipinski definition) is 2. The first-order valence-electron chi connectivity index (χ1n) is 6.49. The van der Waals surface area contributed by atoms with E-state index in [9.17, 15) is 4.79 Å². The Balaban J connectivity index is 2.31. The molecule has 0 spiro atoms. The van der Waals surface area contributed by atoms with Gasteiger partial charge in [-0.05, 0) is 29.9 Å². The number of benzene rings is 2. The molecule has 0 unspecified atom stereocenters. The molecule has 0 heterocycles. The highest BCUT2D eigenvalue weighted by molar-refractivity contribution is 7.80. The number of hydrogen-bond acceptors (Lipinski definition) is 3. The van der Waals surface area contributed by atoms with Crippen LogP contribution in [0.15, 0.2) is 54.6 Å². The van der Waals surface area contributed by atoms with Gasteiger partial charge in [0.1, 0.15) is 0 Å². The first-order chi connectivity index (χ1) is 9.72. The standard InChI is InChI=1S/C17H17NOS/c18-16-10-9-13(6-4-5-11-20)12-15(16)17(19)14-7-2-1-3-8-14/h1-4,6-10,12,20H,5,11,18H2. The highest BCUT2D eigenvalue weighted by Crippen LogP contribution is 2.19. The van der Waals surface area contributed by atoms with Crippen molar-refractivity contribution in [3.8, 4) is 0 Å². The minimum atomic E-state index is -0.0486. The van der Waals surface area contributed by atoms with Crippen molar-refractivity contribution in [3.63, 3.8) is 0 Å². The van der Waals surface area contributed by atoms with E-state index in [0.717, 1.165) is 17.7 Å². The average molecular weight is 283 g/mol. The normalized spacial score (nSPS) is 10.8. The fraction of sp³-hybridized carbons (Fsp3) is 0.118. The van der Waals surface area contributed by atoms with Gasteiger partial charge in [-0.3, -0.25) is 4.79 Å². The number of thiol groups is 1. The molecule has 0 saturated heterocycles. The number of nitrogens with two attached hydrogens (primary N) is 1. The van der Waals surface area contributed by atoms with Crippen molar-refractivity contribution in [3.05, 3.63) is 71.3 Å². The lowest BCUT2D eigenvalue weighted by atomic mass is 9.99. The van der Waals surface area contributed by atoms with Gasteiger partial charge in [0, 0.05) is 16.8 Å². The van der Waals surface area contributed by atoms with Crippen LogP contribution in [0.4, 0.5) is 5.69 Å². The van der Waals surface area contributed by atoms with E-state index >= 15 is 0 Å². The van der Waals surface area contributed by atoms with E-state index in [-0.39, 0.29) is 5.78 Å². The van der Waals surface area contributed by atoms with E-state index in [1.165, 1.54) is 0 Å². The minimum Gasteiger partial charge on any atom is -0.398 e. The summed E-state index contributed by atoms with van der Waals surface area (Å²) in [5.41, 5.74) is 8.60. The van der Waals surface area contributed by atoms with Crippen LogP contribution in [-0.2, 0) is 0 Å². The zero-order valence-electron chi connectivity index (χ0n) is 11.1. The second kappa shape index (κ2) is 6.96. The summed E-state index contributed by atoms with van der Waals surface area (Å²) in [6.45, 7) is 0. The molecule has 3 heteroatoms. The predicted molar refractivity (Wildman–Crippen MR) is 88.2 cm³/mol. The van der Waals surface area contributed by atoms with Crippen LogP contribution in [0.3, 0.4) is 0 Å². The largest absolute Gasteiger partial charge is 0.398 e. The summed E-state index contributed by atoms with van der Waals surface area (Å²) in [4.78, 5) is 12.4. The molecule has 2 nitrogen and oxygen atoms in total. The second-order valence-electron chi connectivity index (χ2n) is 4.46. The molecule has 102 valence electrons. The van der Waals surface area contributed by atoms with Gasteiger partial charge in [0.05, 0.1) is 0 Å². The topological polar surface area (TPSA) is 43.1 Å². The third-order valence-corrected chi connectivity index (χ3v) is 3.22. The number of nitrogen functional groups attached to an aromatic ring is 1. The van der Waals surface area contributed by atoms with Gasteiger partial charge >= 0.3 is 0 Å². The summed E-state index contributed by atoms with van der Waals surface area (Å²) >= 11 is 4.16. The Morgan fingerprint density at radius 2 is 1.90 bits per heavy atom. The summed E-state index contributed by atoms with van der Waals surface area (Å²) in [7, 11) is 0. The molecule has 0 amide bonds. The van der Waals surface area contributed by atoms with Crippen molar-refractivity contribution < 1.29 is 4.79 Å². The number of ketones is 1. The fourth-order valence-electron chi connectivity index (χ4n) is 1.91. The average Bonchev–Trinajstić information content (AvgIpc) is 2.49. The predicted octanol–water partition coefficient (Wildman–Crippen LogP) is 3.83. The molecule has 0 bridgehead atoms. The highest BCUT2D eigenvalue weighted by atomic mass is 32.1. The van der Waals surface area contributed by atoms with Crippen molar-refractivity contribution in [1.29, 1.82) is 0 Å². The van der Waals surface area contributed by atoms with E-state index in [2.05, 4.69) is 12.6 Å². The number of allylic oxidation sites excluding steroid dienone is 1. The van der Waals surface area contributed by atoms with Crippen molar-refractivity contribution in [2.45, 2.75) is 6.42 Å². The SMILES string of the molecule is Nc1ccc(C=CCCS)cc1C(=O)c1ccccc1. The van der Waals surface area contributed by atoms with Gasteiger partial charge in [0.25, 0.3) is 0 Å². The van der Waals surface area contributed by atoms with Crippen molar-refractivity contribution in [1.82, 2.24) is 0 Å². The molecular weight excluding hydrogens is 266 g/mol. The Morgan fingerprint density at radius 1 is 1.15 bits per heavy atom. The van der Waals surface area contributed by atoms with Crippen LogP contribution in [0, 0.1) is 0 Å². The van der Waals surface area contributed by atoms with E-state index in [4.69, 9.17) is 5.73 Å². The Labute approximate surface area is 124 Å². The molecule has 2 N–H and O–H groups in total. The molecule has 2 aromatic rings. The van der Waals surface area contributed by atoms with Crippen LogP contribution < -0.4 is 5.73 Å². The molecule has 0 aliphatic rings. The number of anilines is 1. The molecule has 0 aromatic heterocycles. The number of carbonyl (C=O) groups excluding carboxylic acids is 1. The quantitative estimate of drug-likeness (QED) is 0.497. The fourth-order valence-corrected chi connectivity index (χ4v) is 2.06. The van der Waals surface area contributed by atoms with Crippen molar-refractivity contribution in [2.24, 2.45) is 0 Å². The van der Waals surface area contributed by atoms with Crippen LogP contribution in [0.2, 0.25) is 0 Å². The maximum absolute atomic E-state index is 12.4. The molecule has 2 rings (SSSR count). The molecule has 2 aromatic carbocycles. The van der Waals surface area contributed by atoms with E-state index in [1.54, 1.807) is 18.2 Å². The summed E-state index contributed by atoms with van der Waals surface area (Å²) < 4.78 is 0. The van der Waals surface area contributed by atoms with Crippen LogP contribution in [0.25, 0.3) is 6.08 Å². The highest BCUT2D eigenvalue weighted by Gasteiger charge is 2.12. The Hall–Kier alpha value is -2.00. The van der Waals surface area contributed by atoms with Gasteiger partial charge in [-0.1, -0.05) is 48.6 Å². The summed E-state index contributed by atoms with van der Waals surface area (Å²) in [5.74, 6) is 0.758. The van der Waals surface area contributed by atoms with Gasteiger partial charge in [-0.2, -0.15) is 12.6 Å². The van der Waals surface area contributed by atoms with Crippen LogP contribution in [-0.4, -0.2) is 11.5 Å². The molecule has 20 heavy (non-hydrogen) atoms.